The number of fused-ring (bicyclic) bond motifs is 1. The summed E-state index contributed by atoms with van der Waals surface area (Å²) in [5, 5.41) is 0. The Morgan fingerprint density at radius 2 is 1.89 bits per heavy atom. The molecule has 5 nitrogen and oxygen atoms in total. The summed E-state index contributed by atoms with van der Waals surface area (Å²) in [6.07, 6.45) is 3.81. The van der Waals surface area contributed by atoms with Gasteiger partial charge in [-0.2, -0.15) is 0 Å². The van der Waals surface area contributed by atoms with Gasteiger partial charge in [0.05, 0.1) is 13.0 Å². The predicted octanol–water partition coefficient (Wildman–Crippen LogP) is 3.89. The van der Waals surface area contributed by atoms with E-state index in [9.17, 15) is 4.79 Å². The monoisotopic (exact) mass is 360 g/mol. The molecule has 1 amide bonds. The van der Waals surface area contributed by atoms with Crippen LogP contribution >= 0.6 is 0 Å². The van der Waals surface area contributed by atoms with Gasteiger partial charge < -0.3 is 14.4 Å². The third-order valence-electron chi connectivity index (χ3n) is 4.56. The third-order valence-corrected chi connectivity index (χ3v) is 4.56. The van der Waals surface area contributed by atoms with Crippen LogP contribution in [-0.2, 0) is 17.8 Å². The van der Waals surface area contributed by atoms with Crippen molar-refractivity contribution in [2.45, 2.75) is 19.9 Å². The van der Waals surface area contributed by atoms with E-state index < -0.39 is 0 Å². The Labute approximate surface area is 158 Å². The molecule has 0 saturated carbocycles. The van der Waals surface area contributed by atoms with E-state index in [1.165, 1.54) is 0 Å². The molecule has 0 saturated heterocycles. The highest BCUT2D eigenvalue weighted by Crippen LogP contribution is 2.33. The number of pyridine rings is 1. The number of hydrogen-bond donors (Lipinski definition) is 0. The van der Waals surface area contributed by atoms with Crippen LogP contribution in [0.3, 0.4) is 0 Å². The van der Waals surface area contributed by atoms with Gasteiger partial charge in [-0.05, 0) is 47.9 Å². The minimum Gasteiger partial charge on any atom is -0.454 e. The lowest BCUT2D eigenvalue weighted by Gasteiger charge is -2.25. The molecule has 0 radical (unpaired) electrons. The number of ether oxygens (including phenoxy) is 2. The first-order valence-electron chi connectivity index (χ1n) is 8.84. The second-order valence-corrected chi connectivity index (χ2v) is 6.49. The number of aryl methyl sites for hydroxylation is 1. The number of para-hydroxylation sites is 1. The highest BCUT2D eigenvalue weighted by atomic mass is 16.7. The summed E-state index contributed by atoms with van der Waals surface area (Å²) in [7, 11) is 0. The van der Waals surface area contributed by atoms with Crippen LogP contribution in [0.15, 0.2) is 67.0 Å². The van der Waals surface area contributed by atoms with Crippen LogP contribution in [0, 0.1) is 6.92 Å². The molecule has 0 fully saturated rings. The number of anilines is 1. The van der Waals surface area contributed by atoms with Crippen LogP contribution in [0.4, 0.5) is 5.69 Å². The lowest BCUT2D eigenvalue weighted by atomic mass is 10.1. The number of rotatable bonds is 5. The fraction of sp³-hybridized carbons (Fsp3) is 0.182. The summed E-state index contributed by atoms with van der Waals surface area (Å²) in [6, 6.07) is 17.4. The molecular weight excluding hydrogens is 340 g/mol. The van der Waals surface area contributed by atoms with E-state index in [1.807, 2.05) is 66.4 Å². The van der Waals surface area contributed by atoms with E-state index in [-0.39, 0.29) is 19.1 Å². The molecule has 0 unspecified atom stereocenters. The van der Waals surface area contributed by atoms with Crippen LogP contribution in [0.1, 0.15) is 16.7 Å². The zero-order chi connectivity index (χ0) is 18.6. The third kappa shape index (κ3) is 3.77. The van der Waals surface area contributed by atoms with Crippen molar-refractivity contribution < 1.29 is 14.3 Å². The van der Waals surface area contributed by atoms with E-state index in [4.69, 9.17) is 9.47 Å². The molecule has 5 heteroatoms. The van der Waals surface area contributed by atoms with Gasteiger partial charge in [0.15, 0.2) is 11.5 Å². The topological polar surface area (TPSA) is 51.7 Å². The number of nitrogens with zero attached hydrogens (tertiary/aromatic N) is 2. The van der Waals surface area contributed by atoms with E-state index in [0.717, 1.165) is 28.1 Å². The summed E-state index contributed by atoms with van der Waals surface area (Å²) in [4.78, 5) is 19.2. The Morgan fingerprint density at radius 3 is 2.70 bits per heavy atom. The molecule has 27 heavy (non-hydrogen) atoms. The van der Waals surface area contributed by atoms with Crippen LogP contribution in [0.2, 0.25) is 0 Å². The highest BCUT2D eigenvalue weighted by molar-refractivity contribution is 5.95. The predicted molar refractivity (Wildman–Crippen MR) is 103 cm³/mol. The maximum absolute atomic E-state index is 13.2. The maximum Gasteiger partial charge on any atom is 0.231 e. The molecule has 3 aromatic rings. The second kappa shape index (κ2) is 7.50. The smallest absolute Gasteiger partial charge is 0.231 e. The molecule has 0 atom stereocenters. The number of benzene rings is 2. The van der Waals surface area contributed by atoms with Gasteiger partial charge in [-0.1, -0.05) is 30.3 Å². The van der Waals surface area contributed by atoms with Crippen molar-refractivity contribution in [2.75, 3.05) is 11.7 Å². The van der Waals surface area contributed by atoms with Crippen molar-refractivity contribution >= 4 is 11.6 Å². The van der Waals surface area contributed by atoms with Crippen molar-refractivity contribution in [1.82, 2.24) is 4.98 Å². The Morgan fingerprint density at radius 1 is 1.04 bits per heavy atom. The van der Waals surface area contributed by atoms with E-state index in [0.29, 0.717) is 12.3 Å². The zero-order valence-corrected chi connectivity index (χ0v) is 15.1. The molecule has 1 aliphatic heterocycles. The van der Waals surface area contributed by atoms with Crippen LogP contribution in [0.25, 0.3) is 0 Å². The Bertz CT molecular complexity index is 957. The Kier molecular flexibility index (Phi) is 4.75. The quantitative estimate of drug-likeness (QED) is 0.693. The van der Waals surface area contributed by atoms with Crippen molar-refractivity contribution in [1.29, 1.82) is 0 Å². The van der Waals surface area contributed by atoms with E-state index in [1.54, 1.807) is 12.4 Å². The normalized spacial score (nSPS) is 12.0. The molecule has 136 valence electrons. The zero-order valence-electron chi connectivity index (χ0n) is 15.1. The summed E-state index contributed by atoms with van der Waals surface area (Å²) in [5.74, 6) is 1.43. The minimum absolute atomic E-state index is 0.0204. The highest BCUT2D eigenvalue weighted by Gasteiger charge is 2.20. The number of carbonyl (C=O) groups is 1. The van der Waals surface area contributed by atoms with E-state index >= 15 is 0 Å². The van der Waals surface area contributed by atoms with Gasteiger partial charge in [0.1, 0.15) is 0 Å². The minimum atomic E-state index is 0.0204. The molecule has 1 aromatic heterocycles. The second-order valence-electron chi connectivity index (χ2n) is 6.49. The Hall–Kier alpha value is -3.34. The van der Waals surface area contributed by atoms with Gasteiger partial charge in [-0.25, -0.2) is 0 Å². The summed E-state index contributed by atoms with van der Waals surface area (Å²) >= 11 is 0. The van der Waals surface area contributed by atoms with Crippen LogP contribution in [0.5, 0.6) is 11.5 Å². The van der Waals surface area contributed by atoms with Gasteiger partial charge in [-0.3, -0.25) is 9.78 Å². The number of aromatic nitrogens is 1. The molecule has 0 aliphatic carbocycles. The van der Waals surface area contributed by atoms with Crippen LogP contribution < -0.4 is 14.4 Å². The van der Waals surface area contributed by atoms with Crippen molar-refractivity contribution in [3.8, 4) is 11.5 Å². The van der Waals surface area contributed by atoms with Crippen molar-refractivity contribution in [3.05, 3.63) is 83.7 Å². The van der Waals surface area contributed by atoms with Gasteiger partial charge in [-0.15, -0.1) is 0 Å². The lowest BCUT2D eigenvalue weighted by molar-refractivity contribution is -0.118. The summed E-state index contributed by atoms with van der Waals surface area (Å²) in [5.41, 5.74) is 3.85. The van der Waals surface area contributed by atoms with Gasteiger partial charge in [0.25, 0.3) is 0 Å². The van der Waals surface area contributed by atoms with Crippen LogP contribution in [-0.4, -0.2) is 17.7 Å². The number of amides is 1. The molecule has 1 aliphatic rings. The first-order valence-corrected chi connectivity index (χ1v) is 8.84. The SMILES string of the molecule is Cc1ccccc1N(Cc1cccnc1)C(=O)Cc1ccc2c(c1)OCO2. The number of hydrogen-bond acceptors (Lipinski definition) is 4. The molecule has 0 N–H and O–H groups in total. The van der Waals surface area contributed by atoms with Crippen molar-refractivity contribution in [2.24, 2.45) is 0 Å². The molecule has 0 bridgehead atoms. The van der Waals surface area contributed by atoms with Gasteiger partial charge in [0.2, 0.25) is 12.7 Å². The standard InChI is InChI=1S/C22H20N2O3/c1-16-5-2-3-7-19(16)24(14-18-6-4-10-23-13-18)22(25)12-17-8-9-20-21(11-17)27-15-26-20/h2-11,13H,12,14-15H2,1H3. The average molecular weight is 360 g/mol. The number of carbonyl (C=O) groups excluding carboxylic acids is 1. The fourth-order valence-corrected chi connectivity index (χ4v) is 3.17. The average Bonchev–Trinajstić information content (AvgIpc) is 3.15. The molecule has 0 spiro atoms. The first-order chi connectivity index (χ1) is 13.2. The molecule has 4 rings (SSSR count). The Balaban J connectivity index is 1.61. The van der Waals surface area contributed by atoms with Gasteiger partial charge >= 0.3 is 0 Å². The molecular formula is C22H20N2O3. The molecule has 2 aromatic carbocycles. The maximum atomic E-state index is 13.2. The van der Waals surface area contributed by atoms with Crippen molar-refractivity contribution in [3.63, 3.8) is 0 Å². The van der Waals surface area contributed by atoms with E-state index in [2.05, 4.69) is 4.98 Å². The lowest BCUT2D eigenvalue weighted by Crippen LogP contribution is -2.32. The van der Waals surface area contributed by atoms with Gasteiger partial charge in [0, 0.05) is 18.1 Å². The summed E-state index contributed by atoms with van der Waals surface area (Å²) < 4.78 is 10.8. The molecule has 2 heterocycles. The first kappa shape index (κ1) is 17.1. The summed E-state index contributed by atoms with van der Waals surface area (Å²) in [6.45, 7) is 2.71. The largest absolute Gasteiger partial charge is 0.454 e. The fourth-order valence-electron chi connectivity index (χ4n) is 3.17.